The summed E-state index contributed by atoms with van der Waals surface area (Å²) >= 11 is 3.70. The van der Waals surface area contributed by atoms with Crippen molar-refractivity contribution in [3.8, 4) is 11.5 Å². The molecule has 1 aromatic rings. The van der Waals surface area contributed by atoms with Gasteiger partial charge in [-0.2, -0.15) is 0 Å². The second-order valence-corrected chi connectivity index (χ2v) is 11.6. The SMILES string of the molecule is COc1cc(CNC23CC4CC(CC(C4)C2)C3)c(Br)cc1OCC(=O)NC(C)(C)C. The molecule has 5 rings (SSSR count). The zero-order chi connectivity index (χ0) is 21.5. The number of carbonyl (C=O) groups is 1. The molecule has 4 fully saturated rings. The molecule has 30 heavy (non-hydrogen) atoms. The number of hydrogen-bond acceptors (Lipinski definition) is 4. The van der Waals surface area contributed by atoms with E-state index >= 15 is 0 Å². The van der Waals surface area contributed by atoms with Gasteiger partial charge in [0.2, 0.25) is 0 Å². The number of rotatable bonds is 7. The zero-order valence-electron chi connectivity index (χ0n) is 18.6. The monoisotopic (exact) mass is 478 g/mol. The molecule has 166 valence electrons. The highest BCUT2D eigenvalue weighted by atomic mass is 79.9. The lowest BCUT2D eigenvalue weighted by Crippen LogP contribution is -2.58. The van der Waals surface area contributed by atoms with Crippen LogP contribution in [0.2, 0.25) is 0 Å². The largest absolute Gasteiger partial charge is 0.493 e. The third kappa shape index (κ3) is 4.96. The third-order valence-corrected chi connectivity index (χ3v) is 7.64. The number of amides is 1. The van der Waals surface area contributed by atoms with Gasteiger partial charge in [0.15, 0.2) is 18.1 Å². The summed E-state index contributed by atoms with van der Waals surface area (Å²) < 4.78 is 12.3. The van der Waals surface area contributed by atoms with Crippen molar-refractivity contribution in [2.24, 2.45) is 17.8 Å². The van der Waals surface area contributed by atoms with Crippen molar-refractivity contribution in [3.05, 3.63) is 22.2 Å². The number of hydrogen-bond donors (Lipinski definition) is 2. The van der Waals surface area contributed by atoms with Crippen molar-refractivity contribution < 1.29 is 14.3 Å². The Morgan fingerprint density at radius 1 is 1.10 bits per heavy atom. The van der Waals surface area contributed by atoms with Crippen molar-refractivity contribution in [2.45, 2.75) is 76.9 Å². The highest BCUT2D eigenvalue weighted by Gasteiger charge is 2.50. The summed E-state index contributed by atoms with van der Waals surface area (Å²) in [6.07, 6.45) is 8.35. The molecule has 4 saturated carbocycles. The van der Waals surface area contributed by atoms with E-state index in [2.05, 4.69) is 26.6 Å². The average molecular weight is 479 g/mol. The van der Waals surface area contributed by atoms with E-state index in [4.69, 9.17) is 9.47 Å². The summed E-state index contributed by atoms with van der Waals surface area (Å²) in [5, 5.41) is 6.85. The molecule has 5 nitrogen and oxygen atoms in total. The minimum Gasteiger partial charge on any atom is -0.493 e. The van der Waals surface area contributed by atoms with Crippen molar-refractivity contribution >= 4 is 21.8 Å². The first-order valence-corrected chi connectivity index (χ1v) is 12.0. The second-order valence-electron chi connectivity index (χ2n) is 10.7. The van der Waals surface area contributed by atoms with Crippen molar-refractivity contribution in [2.75, 3.05) is 13.7 Å². The predicted octanol–water partition coefficient (Wildman–Crippen LogP) is 4.81. The second kappa shape index (κ2) is 8.34. The summed E-state index contributed by atoms with van der Waals surface area (Å²) in [5.74, 6) is 3.87. The summed E-state index contributed by atoms with van der Waals surface area (Å²) in [5.41, 5.74) is 1.20. The Balaban J connectivity index is 1.40. The Kier molecular flexibility index (Phi) is 6.10. The van der Waals surface area contributed by atoms with Crippen molar-refractivity contribution in [3.63, 3.8) is 0 Å². The van der Waals surface area contributed by atoms with Gasteiger partial charge in [-0.1, -0.05) is 15.9 Å². The van der Waals surface area contributed by atoms with Gasteiger partial charge in [0.05, 0.1) is 7.11 Å². The van der Waals surface area contributed by atoms with E-state index in [1.165, 1.54) is 38.5 Å². The van der Waals surface area contributed by atoms with Gasteiger partial charge in [0.25, 0.3) is 5.91 Å². The highest BCUT2D eigenvalue weighted by Crippen LogP contribution is 2.55. The molecule has 1 amide bonds. The van der Waals surface area contributed by atoms with E-state index in [0.29, 0.717) is 17.0 Å². The average Bonchev–Trinajstić information content (AvgIpc) is 2.63. The molecule has 6 heteroatoms. The standard InChI is InChI=1S/C24H35BrN2O3/c1-23(2,3)27-22(28)14-30-21-9-19(25)18(8-20(21)29-4)13-26-24-10-15-5-16(11-24)7-17(6-15)12-24/h8-9,15-17,26H,5-7,10-14H2,1-4H3,(H,27,28). The van der Waals surface area contributed by atoms with Gasteiger partial charge in [-0.05, 0) is 94.7 Å². The van der Waals surface area contributed by atoms with Crippen molar-refractivity contribution in [1.29, 1.82) is 0 Å². The quantitative estimate of drug-likeness (QED) is 0.590. The summed E-state index contributed by atoms with van der Waals surface area (Å²) in [6, 6.07) is 3.94. The molecule has 0 heterocycles. The molecule has 0 saturated heterocycles. The van der Waals surface area contributed by atoms with E-state index in [0.717, 1.165) is 34.3 Å². The Labute approximate surface area is 188 Å². The van der Waals surface area contributed by atoms with Gasteiger partial charge >= 0.3 is 0 Å². The molecule has 4 aliphatic carbocycles. The van der Waals surface area contributed by atoms with Crippen LogP contribution in [-0.4, -0.2) is 30.7 Å². The fraction of sp³-hybridized carbons (Fsp3) is 0.708. The minimum absolute atomic E-state index is 0.0368. The first kappa shape index (κ1) is 21.9. The van der Waals surface area contributed by atoms with Gasteiger partial charge in [-0.3, -0.25) is 4.79 Å². The fourth-order valence-electron chi connectivity index (χ4n) is 6.19. The van der Waals surface area contributed by atoms with Crippen LogP contribution < -0.4 is 20.1 Å². The van der Waals surface area contributed by atoms with Crippen LogP contribution >= 0.6 is 15.9 Å². The van der Waals surface area contributed by atoms with Gasteiger partial charge in [-0.25, -0.2) is 0 Å². The van der Waals surface area contributed by atoms with Crippen LogP contribution in [0.25, 0.3) is 0 Å². The van der Waals surface area contributed by atoms with Gasteiger partial charge in [-0.15, -0.1) is 0 Å². The van der Waals surface area contributed by atoms with Crippen molar-refractivity contribution in [1.82, 2.24) is 10.6 Å². The number of halogens is 1. The molecule has 2 N–H and O–H groups in total. The van der Waals surface area contributed by atoms with Crippen LogP contribution in [0.3, 0.4) is 0 Å². The molecule has 0 aromatic heterocycles. The Hall–Kier alpha value is -1.27. The lowest BCUT2D eigenvalue weighted by atomic mass is 9.53. The van der Waals surface area contributed by atoms with E-state index < -0.39 is 0 Å². The molecular weight excluding hydrogens is 444 g/mol. The maximum atomic E-state index is 12.1. The Morgan fingerprint density at radius 3 is 2.23 bits per heavy atom. The molecule has 4 aliphatic rings. The number of nitrogens with one attached hydrogen (secondary N) is 2. The van der Waals surface area contributed by atoms with E-state index in [1.807, 2.05) is 32.9 Å². The summed E-state index contributed by atoms with van der Waals surface area (Å²) in [7, 11) is 1.64. The smallest absolute Gasteiger partial charge is 0.258 e. The zero-order valence-corrected chi connectivity index (χ0v) is 20.2. The fourth-order valence-corrected chi connectivity index (χ4v) is 6.66. The minimum atomic E-state index is -0.280. The van der Waals surface area contributed by atoms with E-state index in [-0.39, 0.29) is 18.1 Å². The molecule has 0 spiro atoms. The number of benzene rings is 1. The van der Waals surface area contributed by atoms with Crippen LogP contribution in [0, 0.1) is 17.8 Å². The first-order valence-electron chi connectivity index (χ1n) is 11.2. The van der Waals surface area contributed by atoms with E-state index in [1.54, 1.807) is 7.11 Å². The number of methoxy groups -OCH3 is 1. The van der Waals surface area contributed by atoms with Gasteiger partial charge in [0.1, 0.15) is 0 Å². The topological polar surface area (TPSA) is 59.6 Å². The number of carbonyl (C=O) groups excluding carboxylic acids is 1. The lowest BCUT2D eigenvalue weighted by molar-refractivity contribution is -0.124. The molecule has 0 radical (unpaired) electrons. The normalized spacial score (nSPS) is 29.7. The van der Waals surface area contributed by atoms with Crippen LogP contribution in [0.5, 0.6) is 11.5 Å². The molecular formula is C24H35BrN2O3. The van der Waals surface area contributed by atoms with Gasteiger partial charge in [0, 0.05) is 22.1 Å². The number of ether oxygens (including phenoxy) is 2. The molecule has 0 atom stereocenters. The predicted molar refractivity (Wildman–Crippen MR) is 122 cm³/mol. The molecule has 0 unspecified atom stereocenters. The van der Waals surface area contributed by atoms with Crippen LogP contribution in [0.4, 0.5) is 0 Å². The lowest BCUT2D eigenvalue weighted by Gasteiger charge is -2.57. The third-order valence-electron chi connectivity index (χ3n) is 6.90. The van der Waals surface area contributed by atoms with Crippen LogP contribution in [0.15, 0.2) is 16.6 Å². The first-order chi connectivity index (χ1) is 14.1. The Bertz CT molecular complexity index is 767. The molecule has 1 aromatic carbocycles. The Morgan fingerprint density at radius 2 is 1.70 bits per heavy atom. The van der Waals surface area contributed by atoms with Crippen LogP contribution in [0.1, 0.15) is 64.9 Å². The van der Waals surface area contributed by atoms with E-state index in [9.17, 15) is 4.79 Å². The summed E-state index contributed by atoms with van der Waals surface area (Å²) in [4.78, 5) is 12.1. The molecule has 0 aliphatic heterocycles. The highest BCUT2D eigenvalue weighted by molar-refractivity contribution is 9.10. The summed E-state index contributed by atoms with van der Waals surface area (Å²) in [6.45, 7) is 6.63. The molecule has 4 bridgehead atoms. The maximum absolute atomic E-state index is 12.1. The maximum Gasteiger partial charge on any atom is 0.258 e. The van der Waals surface area contributed by atoms with Crippen LogP contribution in [-0.2, 0) is 11.3 Å². The van der Waals surface area contributed by atoms with Gasteiger partial charge < -0.3 is 20.1 Å².